The van der Waals surface area contributed by atoms with Gasteiger partial charge in [0.25, 0.3) is 11.1 Å². The number of carbonyl (C=O) groups is 2. The van der Waals surface area contributed by atoms with Gasteiger partial charge < -0.3 is 4.74 Å². The lowest BCUT2D eigenvalue weighted by atomic mass is 10.0. The van der Waals surface area contributed by atoms with E-state index >= 15 is 0 Å². The molecule has 4 nitrogen and oxygen atoms in total. The van der Waals surface area contributed by atoms with Crippen molar-refractivity contribution in [3.05, 3.63) is 46.4 Å². The molecule has 1 unspecified atom stereocenters. The number of benzene rings is 1. The minimum atomic E-state index is -0.345. The highest BCUT2D eigenvalue weighted by molar-refractivity contribution is 8.18. The van der Waals surface area contributed by atoms with Crippen LogP contribution in [0.1, 0.15) is 12.5 Å². The second kappa shape index (κ2) is 4.59. The minimum absolute atomic E-state index is 0.147. The smallest absolute Gasteiger partial charge is 0.290 e. The summed E-state index contributed by atoms with van der Waals surface area (Å²) < 4.78 is 5.78. The lowest BCUT2D eigenvalue weighted by molar-refractivity contribution is -0.115. The lowest BCUT2D eigenvalue weighted by Crippen LogP contribution is -2.20. The van der Waals surface area contributed by atoms with Gasteiger partial charge in [0.05, 0.1) is 4.91 Å². The van der Waals surface area contributed by atoms with Crippen LogP contribution >= 0.6 is 11.8 Å². The number of para-hydroxylation sites is 1. The predicted molar refractivity (Wildman–Crippen MR) is 73.7 cm³/mol. The van der Waals surface area contributed by atoms with Crippen molar-refractivity contribution in [2.45, 2.75) is 13.0 Å². The molecule has 2 aliphatic heterocycles. The minimum Gasteiger partial charge on any atom is -0.485 e. The number of rotatable bonds is 1. The van der Waals surface area contributed by atoms with E-state index in [0.717, 1.165) is 28.6 Å². The Morgan fingerprint density at radius 1 is 1.32 bits per heavy atom. The third-order valence-corrected chi connectivity index (χ3v) is 3.76. The molecule has 0 bridgehead atoms. The van der Waals surface area contributed by atoms with Crippen molar-refractivity contribution in [2.24, 2.45) is 0 Å². The second-order valence-electron chi connectivity index (χ2n) is 4.29. The highest BCUT2D eigenvalue weighted by Crippen LogP contribution is 2.32. The summed E-state index contributed by atoms with van der Waals surface area (Å²) in [5, 5.41) is 1.91. The summed E-state index contributed by atoms with van der Waals surface area (Å²) in [7, 11) is 0. The second-order valence-corrected chi connectivity index (χ2v) is 5.31. The Bertz CT molecular complexity index is 633. The van der Waals surface area contributed by atoms with Crippen molar-refractivity contribution >= 4 is 29.0 Å². The van der Waals surface area contributed by atoms with Crippen LogP contribution in [0.5, 0.6) is 5.75 Å². The summed E-state index contributed by atoms with van der Waals surface area (Å²) in [6.45, 7) is 1.91. The average molecular weight is 273 g/mol. The molecule has 3 rings (SSSR count). The molecule has 1 saturated heterocycles. The number of nitrogens with one attached hydrogen (secondary N) is 1. The Labute approximate surface area is 114 Å². The maximum Gasteiger partial charge on any atom is 0.290 e. The molecule has 5 heteroatoms. The number of hydrogen-bond acceptors (Lipinski definition) is 4. The highest BCUT2D eigenvalue weighted by atomic mass is 32.2. The number of amides is 2. The Kier molecular flexibility index (Phi) is 2.91. The topological polar surface area (TPSA) is 55.4 Å². The molecule has 0 aromatic heterocycles. The third-order valence-electron chi connectivity index (χ3n) is 2.95. The van der Waals surface area contributed by atoms with Gasteiger partial charge in [-0.05, 0) is 42.5 Å². The van der Waals surface area contributed by atoms with Crippen LogP contribution in [0, 0.1) is 0 Å². The van der Waals surface area contributed by atoms with Gasteiger partial charge in [-0.15, -0.1) is 0 Å². The van der Waals surface area contributed by atoms with E-state index in [1.807, 2.05) is 37.3 Å². The Morgan fingerprint density at radius 2 is 2.11 bits per heavy atom. The van der Waals surface area contributed by atoms with E-state index in [-0.39, 0.29) is 17.3 Å². The fourth-order valence-electron chi connectivity index (χ4n) is 1.99. The Hall–Kier alpha value is -2.01. The van der Waals surface area contributed by atoms with E-state index in [1.54, 1.807) is 6.08 Å². The van der Waals surface area contributed by atoms with Gasteiger partial charge in [0, 0.05) is 5.56 Å². The molecule has 0 saturated carbocycles. The summed E-state index contributed by atoms with van der Waals surface area (Å²) in [6, 6.07) is 7.71. The molecular formula is C14H11NO3S. The Morgan fingerprint density at radius 3 is 2.84 bits per heavy atom. The summed E-state index contributed by atoms with van der Waals surface area (Å²) in [6.07, 6.45) is 3.55. The molecule has 1 N–H and O–H groups in total. The lowest BCUT2D eigenvalue weighted by Gasteiger charge is -2.22. The first-order valence-corrected chi connectivity index (χ1v) is 6.67. The van der Waals surface area contributed by atoms with Gasteiger partial charge in [-0.2, -0.15) is 0 Å². The zero-order chi connectivity index (χ0) is 13.4. The van der Waals surface area contributed by atoms with Crippen molar-refractivity contribution in [2.75, 3.05) is 0 Å². The van der Waals surface area contributed by atoms with Gasteiger partial charge in [-0.3, -0.25) is 14.9 Å². The number of thioether (sulfide) groups is 1. The van der Waals surface area contributed by atoms with Crippen LogP contribution < -0.4 is 10.1 Å². The van der Waals surface area contributed by atoms with Gasteiger partial charge in [-0.1, -0.05) is 18.2 Å². The van der Waals surface area contributed by atoms with Crippen LogP contribution in [-0.2, 0) is 4.79 Å². The van der Waals surface area contributed by atoms with Gasteiger partial charge in [0.2, 0.25) is 0 Å². The largest absolute Gasteiger partial charge is 0.485 e. The van der Waals surface area contributed by atoms with Crippen molar-refractivity contribution in [1.82, 2.24) is 5.32 Å². The van der Waals surface area contributed by atoms with E-state index in [4.69, 9.17) is 4.74 Å². The van der Waals surface area contributed by atoms with Crippen molar-refractivity contribution in [3.63, 3.8) is 0 Å². The van der Waals surface area contributed by atoms with Crippen molar-refractivity contribution in [3.8, 4) is 5.75 Å². The molecule has 2 heterocycles. The molecule has 0 radical (unpaired) electrons. The molecule has 1 aromatic carbocycles. The SMILES string of the molecule is CC1Oc2ccccc2C=C1C=C1SC(=O)NC1=O. The van der Waals surface area contributed by atoms with Gasteiger partial charge in [0.1, 0.15) is 11.9 Å². The molecule has 2 amide bonds. The monoisotopic (exact) mass is 273 g/mol. The molecular weight excluding hydrogens is 262 g/mol. The standard InChI is InChI=1S/C14H11NO3S/c1-8-10(7-12-13(16)15-14(17)19-12)6-9-4-2-3-5-11(9)18-8/h2-8H,1H3,(H,15,16,17). The molecule has 1 atom stereocenters. The molecule has 96 valence electrons. The number of fused-ring (bicyclic) bond motifs is 1. The van der Waals surface area contributed by atoms with Gasteiger partial charge >= 0.3 is 0 Å². The van der Waals surface area contributed by atoms with E-state index < -0.39 is 0 Å². The normalized spacial score (nSPS) is 23.7. The van der Waals surface area contributed by atoms with Crippen LogP contribution in [0.25, 0.3) is 6.08 Å². The maximum absolute atomic E-state index is 11.5. The van der Waals surface area contributed by atoms with E-state index in [9.17, 15) is 9.59 Å². The predicted octanol–water partition coefficient (Wildman–Crippen LogP) is 2.72. The van der Waals surface area contributed by atoms with Crippen LogP contribution in [0.3, 0.4) is 0 Å². The molecule has 2 aliphatic rings. The first-order valence-electron chi connectivity index (χ1n) is 5.85. The molecule has 0 aliphatic carbocycles. The molecule has 0 spiro atoms. The number of hydrogen-bond donors (Lipinski definition) is 1. The zero-order valence-corrected chi connectivity index (χ0v) is 11.0. The van der Waals surface area contributed by atoms with Crippen molar-refractivity contribution in [1.29, 1.82) is 0 Å². The summed E-state index contributed by atoms with van der Waals surface area (Å²) in [5.41, 5.74) is 1.85. The number of ether oxygens (including phenoxy) is 1. The van der Waals surface area contributed by atoms with Gasteiger partial charge in [-0.25, -0.2) is 0 Å². The maximum atomic E-state index is 11.5. The summed E-state index contributed by atoms with van der Waals surface area (Å²) >= 11 is 0.916. The van der Waals surface area contributed by atoms with Crippen LogP contribution in [0.4, 0.5) is 4.79 Å². The van der Waals surface area contributed by atoms with E-state index in [1.165, 1.54) is 0 Å². The molecule has 19 heavy (non-hydrogen) atoms. The number of carbonyl (C=O) groups excluding carboxylic acids is 2. The van der Waals surface area contributed by atoms with Crippen LogP contribution in [0.15, 0.2) is 40.8 Å². The quantitative estimate of drug-likeness (QED) is 0.799. The van der Waals surface area contributed by atoms with Crippen LogP contribution in [-0.4, -0.2) is 17.3 Å². The van der Waals surface area contributed by atoms with Crippen molar-refractivity contribution < 1.29 is 14.3 Å². The first kappa shape index (κ1) is 12.0. The zero-order valence-electron chi connectivity index (χ0n) is 10.2. The van der Waals surface area contributed by atoms with Crippen LogP contribution in [0.2, 0.25) is 0 Å². The summed E-state index contributed by atoms with van der Waals surface area (Å²) in [4.78, 5) is 23.1. The van der Waals surface area contributed by atoms with E-state index in [2.05, 4.69) is 5.32 Å². The molecule has 1 aromatic rings. The molecule has 1 fully saturated rings. The first-order chi connectivity index (χ1) is 9.13. The fourth-order valence-corrected chi connectivity index (χ4v) is 2.68. The highest BCUT2D eigenvalue weighted by Gasteiger charge is 2.27. The fraction of sp³-hybridized carbons (Fsp3) is 0.143. The number of imide groups is 1. The van der Waals surface area contributed by atoms with Gasteiger partial charge in [0.15, 0.2) is 0 Å². The Balaban J connectivity index is 1.97. The van der Waals surface area contributed by atoms with E-state index in [0.29, 0.717) is 4.91 Å². The average Bonchev–Trinajstić information content (AvgIpc) is 2.69. The summed E-state index contributed by atoms with van der Waals surface area (Å²) in [5.74, 6) is 0.485. The third kappa shape index (κ3) is 2.29.